The highest BCUT2D eigenvalue weighted by Gasteiger charge is 2.23. The normalized spacial score (nSPS) is 14.7. The Balaban J connectivity index is 1.35. The second-order valence-electron chi connectivity index (χ2n) is 6.22. The van der Waals surface area contributed by atoms with Crippen molar-refractivity contribution in [2.45, 2.75) is 6.42 Å². The van der Waals surface area contributed by atoms with Crippen molar-refractivity contribution in [1.82, 2.24) is 14.9 Å². The van der Waals surface area contributed by atoms with Crippen molar-refractivity contribution in [3.05, 3.63) is 48.2 Å². The molecule has 0 N–H and O–H groups in total. The lowest BCUT2D eigenvalue weighted by molar-refractivity contribution is -0.130. The molecule has 3 heterocycles. The standard InChI is InChI=1S/C19H20N4O2S/c1-25-15-6-4-14(5-7-15)13-17(24)22-9-11-23(12-10-22)19-21-16-3-2-8-20-18(16)26-19/h2-8H,9-13H2,1H3. The Morgan fingerprint density at radius 3 is 2.62 bits per heavy atom. The van der Waals surface area contributed by atoms with E-state index in [1.807, 2.05) is 41.3 Å². The Hall–Kier alpha value is -2.67. The number of ether oxygens (including phenoxy) is 1. The number of carbonyl (C=O) groups is 1. The minimum atomic E-state index is 0.167. The fraction of sp³-hybridized carbons (Fsp3) is 0.316. The number of amides is 1. The van der Waals surface area contributed by atoms with Crippen LogP contribution in [-0.2, 0) is 11.2 Å². The van der Waals surface area contributed by atoms with Gasteiger partial charge < -0.3 is 14.5 Å². The Kier molecular flexibility index (Phi) is 4.71. The first-order chi connectivity index (χ1) is 12.7. The number of methoxy groups -OCH3 is 1. The molecule has 7 heteroatoms. The zero-order valence-electron chi connectivity index (χ0n) is 14.6. The molecule has 4 rings (SSSR count). The van der Waals surface area contributed by atoms with E-state index >= 15 is 0 Å². The second-order valence-corrected chi connectivity index (χ2v) is 7.17. The number of fused-ring (bicyclic) bond motifs is 1. The van der Waals surface area contributed by atoms with Crippen molar-refractivity contribution in [2.75, 3.05) is 38.2 Å². The van der Waals surface area contributed by atoms with Gasteiger partial charge in [0.15, 0.2) is 5.13 Å². The molecule has 26 heavy (non-hydrogen) atoms. The molecule has 0 bridgehead atoms. The van der Waals surface area contributed by atoms with Crippen molar-refractivity contribution in [1.29, 1.82) is 0 Å². The number of piperazine rings is 1. The van der Waals surface area contributed by atoms with Crippen LogP contribution in [-0.4, -0.2) is 54.1 Å². The molecular weight excluding hydrogens is 348 g/mol. The molecule has 0 saturated carbocycles. The van der Waals surface area contributed by atoms with Gasteiger partial charge in [-0.15, -0.1) is 0 Å². The predicted molar refractivity (Wildman–Crippen MR) is 103 cm³/mol. The Labute approximate surface area is 156 Å². The van der Waals surface area contributed by atoms with Gasteiger partial charge >= 0.3 is 0 Å². The van der Waals surface area contributed by atoms with Crippen molar-refractivity contribution in [3.8, 4) is 5.75 Å². The highest BCUT2D eigenvalue weighted by molar-refractivity contribution is 7.21. The van der Waals surface area contributed by atoms with Crippen molar-refractivity contribution >= 4 is 32.7 Å². The molecule has 1 saturated heterocycles. The van der Waals surface area contributed by atoms with Gasteiger partial charge in [0, 0.05) is 32.4 Å². The molecule has 0 radical (unpaired) electrons. The van der Waals surface area contributed by atoms with E-state index in [2.05, 4.69) is 14.9 Å². The number of hydrogen-bond donors (Lipinski definition) is 0. The van der Waals surface area contributed by atoms with Crippen LogP contribution in [0.2, 0.25) is 0 Å². The van der Waals surface area contributed by atoms with E-state index in [1.165, 1.54) is 0 Å². The Morgan fingerprint density at radius 2 is 1.92 bits per heavy atom. The number of carbonyl (C=O) groups excluding carboxylic acids is 1. The quantitative estimate of drug-likeness (QED) is 0.708. The molecule has 0 aliphatic carbocycles. The molecule has 1 amide bonds. The third-order valence-corrected chi connectivity index (χ3v) is 5.61. The molecule has 134 valence electrons. The number of hydrogen-bond acceptors (Lipinski definition) is 6. The summed E-state index contributed by atoms with van der Waals surface area (Å²) in [6.07, 6.45) is 2.22. The topological polar surface area (TPSA) is 58.6 Å². The van der Waals surface area contributed by atoms with E-state index < -0.39 is 0 Å². The number of thiazole rings is 1. The summed E-state index contributed by atoms with van der Waals surface area (Å²) in [4.78, 5) is 26.7. The predicted octanol–water partition coefficient (Wildman–Crippen LogP) is 2.59. The lowest BCUT2D eigenvalue weighted by Crippen LogP contribution is -2.49. The average molecular weight is 368 g/mol. The summed E-state index contributed by atoms with van der Waals surface area (Å²) in [5.41, 5.74) is 1.95. The average Bonchev–Trinajstić information content (AvgIpc) is 3.13. The van der Waals surface area contributed by atoms with Gasteiger partial charge in [-0.1, -0.05) is 23.5 Å². The van der Waals surface area contributed by atoms with Crippen LogP contribution < -0.4 is 9.64 Å². The van der Waals surface area contributed by atoms with Gasteiger partial charge in [-0.05, 0) is 29.8 Å². The molecule has 0 unspecified atom stereocenters. The van der Waals surface area contributed by atoms with E-state index in [0.29, 0.717) is 6.42 Å². The van der Waals surface area contributed by atoms with E-state index in [-0.39, 0.29) is 5.91 Å². The summed E-state index contributed by atoms with van der Waals surface area (Å²) >= 11 is 1.61. The third-order valence-electron chi connectivity index (χ3n) is 4.57. The van der Waals surface area contributed by atoms with Gasteiger partial charge in [0.1, 0.15) is 16.1 Å². The summed E-state index contributed by atoms with van der Waals surface area (Å²) in [5, 5.41) is 0.987. The maximum atomic E-state index is 12.6. The smallest absolute Gasteiger partial charge is 0.227 e. The van der Waals surface area contributed by atoms with Crippen LogP contribution in [0, 0.1) is 0 Å². The number of anilines is 1. The SMILES string of the molecule is COc1ccc(CC(=O)N2CCN(c3nc4cccnc4s3)CC2)cc1. The van der Waals surface area contributed by atoms with Crippen molar-refractivity contribution < 1.29 is 9.53 Å². The van der Waals surface area contributed by atoms with Crippen LogP contribution in [0.4, 0.5) is 5.13 Å². The molecule has 1 aliphatic heterocycles. The zero-order chi connectivity index (χ0) is 17.9. The fourth-order valence-corrected chi connectivity index (χ4v) is 4.03. The first kappa shape index (κ1) is 16.8. The number of nitrogens with zero attached hydrogens (tertiary/aromatic N) is 4. The monoisotopic (exact) mass is 368 g/mol. The fourth-order valence-electron chi connectivity index (χ4n) is 3.07. The van der Waals surface area contributed by atoms with Crippen molar-refractivity contribution in [3.63, 3.8) is 0 Å². The Morgan fingerprint density at radius 1 is 1.15 bits per heavy atom. The number of rotatable bonds is 4. The lowest BCUT2D eigenvalue weighted by Gasteiger charge is -2.34. The molecule has 3 aromatic rings. The van der Waals surface area contributed by atoms with Crippen LogP contribution in [0.25, 0.3) is 10.3 Å². The van der Waals surface area contributed by atoms with Crippen molar-refractivity contribution in [2.24, 2.45) is 0 Å². The highest BCUT2D eigenvalue weighted by Crippen LogP contribution is 2.27. The summed E-state index contributed by atoms with van der Waals surface area (Å²) in [6.45, 7) is 3.04. The first-order valence-electron chi connectivity index (χ1n) is 8.60. The number of benzene rings is 1. The minimum absolute atomic E-state index is 0.167. The maximum Gasteiger partial charge on any atom is 0.227 e. The zero-order valence-corrected chi connectivity index (χ0v) is 15.4. The molecule has 1 fully saturated rings. The van der Waals surface area contributed by atoms with Gasteiger partial charge in [-0.25, -0.2) is 9.97 Å². The van der Waals surface area contributed by atoms with Crippen LogP contribution in [0.15, 0.2) is 42.6 Å². The van der Waals surface area contributed by atoms with Gasteiger partial charge in [-0.2, -0.15) is 0 Å². The van der Waals surface area contributed by atoms with E-state index in [1.54, 1.807) is 24.6 Å². The first-order valence-corrected chi connectivity index (χ1v) is 9.42. The Bertz CT molecular complexity index is 868. The highest BCUT2D eigenvalue weighted by atomic mass is 32.1. The molecule has 0 spiro atoms. The molecule has 2 aromatic heterocycles. The van der Waals surface area contributed by atoms with Crippen LogP contribution in [0.3, 0.4) is 0 Å². The second kappa shape index (κ2) is 7.29. The van der Waals surface area contributed by atoms with Gasteiger partial charge in [-0.3, -0.25) is 4.79 Å². The maximum absolute atomic E-state index is 12.6. The van der Waals surface area contributed by atoms with Crippen LogP contribution in [0.5, 0.6) is 5.75 Å². The minimum Gasteiger partial charge on any atom is -0.497 e. The largest absolute Gasteiger partial charge is 0.497 e. The van der Waals surface area contributed by atoms with E-state index in [9.17, 15) is 4.79 Å². The summed E-state index contributed by atoms with van der Waals surface area (Å²) in [5.74, 6) is 0.973. The summed E-state index contributed by atoms with van der Waals surface area (Å²) < 4.78 is 5.16. The summed E-state index contributed by atoms with van der Waals surface area (Å²) in [7, 11) is 1.64. The lowest BCUT2D eigenvalue weighted by atomic mass is 10.1. The number of aromatic nitrogens is 2. The van der Waals surface area contributed by atoms with Gasteiger partial charge in [0.2, 0.25) is 5.91 Å². The van der Waals surface area contributed by atoms with E-state index in [0.717, 1.165) is 53.0 Å². The molecule has 6 nitrogen and oxygen atoms in total. The molecule has 1 aromatic carbocycles. The van der Waals surface area contributed by atoms with Gasteiger partial charge in [0.05, 0.1) is 13.5 Å². The molecule has 1 aliphatic rings. The van der Waals surface area contributed by atoms with Gasteiger partial charge in [0.25, 0.3) is 0 Å². The molecule has 0 atom stereocenters. The summed E-state index contributed by atoms with van der Waals surface area (Å²) in [6, 6.07) is 11.6. The number of pyridine rings is 1. The van der Waals surface area contributed by atoms with Crippen LogP contribution >= 0.6 is 11.3 Å². The third kappa shape index (κ3) is 3.48. The van der Waals surface area contributed by atoms with Crippen LogP contribution in [0.1, 0.15) is 5.56 Å². The van der Waals surface area contributed by atoms with E-state index in [4.69, 9.17) is 4.74 Å². The molecular formula is C19H20N4O2S.